The van der Waals surface area contributed by atoms with Crippen LogP contribution in [0.25, 0.3) is 0 Å². The van der Waals surface area contributed by atoms with Gasteiger partial charge in [0.15, 0.2) is 0 Å². The van der Waals surface area contributed by atoms with Gasteiger partial charge >= 0.3 is 0 Å². The van der Waals surface area contributed by atoms with Gasteiger partial charge in [-0.15, -0.1) is 0 Å². The van der Waals surface area contributed by atoms with Gasteiger partial charge in [0.05, 0.1) is 7.11 Å². The highest BCUT2D eigenvalue weighted by atomic mass is 19.1. The Morgan fingerprint density at radius 2 is 2.21 bits per heavy atom. The van der Waals surface area contributed by atoms with E-state index in [0.717, 1.165) is 12.0 Å². The molecule has 0 heterocycles. The molecule has 0 amide bonds. The molecule has 1 aromatic rings. The monoisotopic (exact) mass is 197 g/mol. The van der Waals surface area contributed by atoms with Crippen LogP contribution in [0, 0.1) is 0 Å². The number of rotatable bonds is 4. The maximum Gasteiger partial charge on any atom is 0.124 e. The number of alkyl halides is 1. The van der Waals surface area contributed by atoms with E-state index in [2.05, 4.69) is 0 Å². The molecule has 0 aromatic heterocycles. The van der Waals surface area contributed by atoms with Gasteiger partial charge in [0, 0.05) is 11.6 Å². The zero-order valence-corrected chi connectivity index (χ0v) is 8.59. The number of hydrogen-bond donors (Lipinski definition) is 1. The molecule has 0 saturated carbocycles. The number of methoxy groups -OCH3 is 1. The first-order chi connectivity index (χ1) is 6.67. The molecular weight excluding hydrogens is 181 g/mol. The fourth-order valence-electron chi connectivity index (χ4n) is 1.44. The molecule has 0 aliphatic heterocycles. The van der Waals surface area contributed by atoms with E-state index in [4.69, 9.17) is 10.5 Å². The first-order valence-corrected chi connectivity index (χ1v) is 4.64. The van der Waals surface area contributed by atoms with Crippen LogP contribution in [0.2, 0.25) is 0 Å². The minimum Gasteiger partial charge on any atom is -0.496 e. The third-order valence-corrected chi connectivity index (χ3v) is 2.05. The van der Waals surface area contributed by atoms with Crippen molar-refractivity contribution >= 4 is 0 Å². The van der Waals surface area contributed by atoms with E-state index in [9.17, 15) is 4.39 Å². The summed E-state index contributed by atoms with van der Waals surface area (Å²) in [5.74, 6) is 0.598. The minimum absolute atomic E-state index is 0.0934. The summed E-state index contributed by atoms with van der Waals surface area (Å²) < 4.78 is 17.6. The molecule has 0 saturated heterocycles. The van der Waals surface area contributed by atoms with Crippen LogP contribution in [0.15, 0.2) is 18.2 Å². The Balaban J connectivity index is 2.89. The van der Waals surface area contributed by atoms with Gasteiger partial charge in [-0.05, 0) is 31.0 Å². The van der Waals surface area contributed by atoms with Crippen molar-refractivity contribution in [3.05, 3.63) is 29.3 Å². The molecule has 0 bridgehead atoms. The van der Waals surface area contributed by atoms with Gasteiger partial charge in [-0.2, -0.15) is 0 Å². The highest BCUT2D eigenvalue weighted by molar-refractivity contribution is 5.37. The van der Waals surface area contributed by atoms with Crippen molar-refractivity contribution in [1.82, 2.24) is 0 Å². The average molecular weight is 197 g/mol. The third-order valence-electron chi connectivity index (χ3n) is 2.05. The summed E-state index contributed by atoms with van der Waals surface area (Å²) in [6, 6.07) is 5.60. The highest BCUT2D eigenvalue weighted by Crippen LogP contribution is 2.21. The van der Waals surface area contributed by atoms with Gasteiger partial charge in [0.25, 0.3) is 0 Å². The molecule has 0 radical (unpaired) electrons. The molecule has 0 aliphatic carbocycles. The number of benzene rings is 1. The lowest BCUT2D eigenvalue weighted by Gasteiger charge is -2.09. The second-order valence-electron chi connectivity index (χ2n) is 3.46. The summed E-state index contributed by atoms with van der Waals surface area (Å²) in [6.45, 7) is 1.43. The van der Waals surface area contributed by atoms with E-state index >= 15 is 0 Å². The van der Waals surface area contributed by atoms with Crippen LogP contribution >= 0.6 is 0 Å². The van der Waals surface area contributed by atoms with E-state index < -0.39 is 6.67 Å². The van der Waals surface area contributed by atoms with E-state index in [1.165, 1.54) is 0 Å². The summed E-state index contributed by atoms with van der Waals surface area (Å²) in [6.07, 6.45) is 0.761. The predicted octanol–water partition coefficient (Wildman–Crippen LogP) is 2.05. The fraction of sp³-hybridized carbons (Fsp3) is 0.455. The normalized spacial score (nSPS) is 12.6. The van der Waals surface area contributed by atoms with Crippen LogP contribution in [0.3, 0.4) is 0 Å². The molecule has 14 heavy (non-hydrogen) atoms. The first kappa shape index (κ1) is 11.0. The molecule has 78 valence electrons. The summed E-state index contributed by atoms with van der Waals surface area (Å²) in [7, 11) is 1.54. The lowest BCUT2D eigenvalue weighted by molar-refractivity contribution is 0.394. The topological polar surface area (TPSA) is 35.2 Å². The fourth-order valence-corrected chi connectivity index (χ4v) is 1.44. The van der Waals surface area contributed by atoms with Crippen molar-refractivity contribution < 1.29 is 9.13 Å². The maximum absolute atomic E-state index is 12.6. The largest absolute Gasteiger partial charge is 0.496 e. The molecule has 2 N–H and O–H groups in total. The van der Waals surface area contributed by atoms with Crippen LogP contribution in [0.5, 0.6) is 5.75 Å². The Morgan fingerprint density at radius 1 is 1.50 bits per heavy atom. The number of ether oxygens (including phenoxy) is 1. The second-order valence-corrected chi connectivity index (χ2v) is 3.46. The predicted molar refractivity (Wildman–Crippen MR) is 55.2 cm³/mol. The molecule has 0 spiro atoms. The summed E-state index contributed by atoms with van der Waals surface area (Å²) in [5, 5.41) is 0. The lowest BCUT2D eigenvalue weighted by atomic mass is 10.0. The molecule has 3 heteroatoms. The molecule has 1 unspecified atom stereocenters. The zero-order valence-electron chi connectivity index (χ0n) is 8.59. The van der Waals surface area contributed by atoms with Gasteiger partial charge in [-0.3, -0.25) is 0 Å². The standard InChI is InChI=1S/C11H16FNO/c1-8(13)5-9-3-4-11(14-2)10(6-9)7-12/h3-4,6,8H,5,7,13H2,1-2H3. The Morgan fingerprint density at radius 3 is 2.71 bits per heavy atom. The smallest absolute Gasteiger partial charge is 0.124 e. The minimum atomic E-state index is -0.504. The van der Waals surface area contributed by atoms with Crippen molar-refractivity contribution in [1.29, 1.82) is 0 Å². The van der Waals surface area contributed by atoms with Gasteiger partial charge in [-0.1, -0.05) is 6.07 Å². The van der Waals surface area contributed by atoms with E-state index in [1.807, 2.05) is 19.1 Å². The average Bonchev–Trinajstić information content (AvgIpc) is 2.16. The van der Waals surface area contributed by atoms with E-state index in [0.29, 0.717) is 11.3 Å². The van der Waals surface area contributed by atoms with Crippen LogP contribution in [0.4, 0.5) is 4.39 Å². The maximum atomic E-state index is 12.6. The summed E-state index contributed by atoms with van der Waals surface area (Å²) in [5.41, 5.74) is 7.30. The quantitative estimate of drug-likeness (QED) is 0.801. The Kier molecular flexibility index (Phi) is 3.89. The van der Waals surface area contributed by atoms with Crippen LogP contribution in [0.1, 0.15) is 18.1 Å². The number of nitrogens with two attached hydrogens (primary N) is 1. The van der Waals surface area contributed by atoms with E-state index in [-0.39, 0.29) is 6.04 Å². The van der Waals surface area contributed by atoms with Gasteiger partial charge < -0.3 is 10.5 Å². The Hall–Kier alpha value is -1.09. The van der Waals surface area contributed by atoms with E-state index in [1.54, 1.807) is 13.2 Å². The molecule has 0 aliphatic rings. The Bertz CT molecular complexity index is 299. The Labute approximate surface area is 83.9 Å². The molecule has 1 aromatic carbocycles. The van der Waals surface area contributed by atoms with Crippen molar-refractivity contribution in [3.63, 3.8) is 0 Å². The van der Waals surface area contributed by atoms with Crippen LogP contribution in [-0.2, 0) is 13.1 Å². The lowest BCUT2D eigenvalue weighted by Crippen LogP contribution is -2.17. The van der Waals surface area contributed by atoms with Crippen LogP contribution < -0.4 is 10.5 Å². The van der Waals surface area contributed by atoms with Gasteiger partial charge in [-0.25, -0.2) is 4.39 Å². The highest BCUT2D eigenvalue weighted by Gasteiger charge is 2.05. The van der Waals surface area contributed by atoms with Crippen molar-refractivity contribution in [3.8, 4) is 5.75 Å². The van der Waals surface area contributed by atoms with Gasteiger partial charge in [0.1, 0.15) is 12.4 Å². The number of hydrogen-bond acceptors (Lipinski definition) is 2. The van der Waals surface area contributed by atoms with Crippen molar-refractivity contribution in [2.45, 2.75) is 26.1 Å². The van der Waals surface area contributed by atoms with Crippen molar-refractivity contribution in [2.75, 3.05) is 7.11 Å². The second kappa shape index (κ2) is 4.96. The first-order valence-electron chi connectivity index (χ1n) is 4.64. The summed E-state index contributed by atoms with van der Waals surface area (Å²) in [4.78, 5) is 0. The zero-order chi connectivity index (χ0) is 10.6. The molecule has 1 rings (SSSR count). The van der Waals surface area contributed by atoms with Crippen LogP contribution in [-0.4, -0.2) is 13.2 Å². The summed E-state index contributed by atoms with van der Waals surface area (Å²) >= 11 is 0. The molecule has 0 fully saturated rings. The third kappa shape index (κ3) is 2.70. The molecule has 2 nitrogen and oxygen atoms in total. The number of halogens is 1. The molecule has 1 atom stereocenters. The van der Waals surface area contributed by atoms with Gasteiger partial charge in [0.2, 0.25) is 0 Å². The molecular formula is C11H16FNO. The SMILES string of the molecule is COc1ccc(CC(C)N)cc1CF. The van der Waals surface area contributed by atoms with Crippen molar-refractivity contribution in [2.24, 2.45) is 5.73 Å².